The number of furan rings is 2. The van der Waals surface area contributed by atoms with Gasteiger partial charge in [-0.05, 0) is 38.1 Å². The summed E-state index contributed by atoms with van der Waals surface area (Å²) in [5.74, 6) is 1.72. The zero-order chi connectivity index (χ0) is 14.4. The van der Waals surface area contributed by atoms with Crippen LogP contribution in [-0.2, 0) is 12.8 Å². The second-order valence-electron chi connectivity index (χ2n) is 4.99. The van der Waals surface area contributed by atoms with Crippen LogP contribution in [0.5, 0.6) is 0 Å². The fourth-order valence-electron chi connectivity index (χ4n) is 2.05. The van der Waals surface area contributed by atoms with Crippen LogP contribution in [0, 0.1) is 0 Å². The van der Waals surface area contributed by atoms with Gasteiger partial charge in [0.05, 0.1) is 12.5 Å². The Morgan fingerprint density at radius 2 is 1.45 bits per heavy atom. The zero-order valence-corrected chi connectivity index (χ0v) is 11.8. The number of rotatable bonds is 6. The second kappa shape index (κ2) is 6.84. The molecule has 0 aliphatic rings. The van der Waals surface area contributed by atoms with Crippen LogP contribution in [0.2, 0.25) is 0 Å². The van der Waals surface area contributed by atoms with Gasteiger partial charge in [-0.2, -0.15) is 0 Å². The Morgan fingerprint density at radius 1 is 1.00 bits per heavy atom. The van der Waals surface area contributed by atoms with Crippen LogP contribution < -0.4 is 10.6 Å². The van der Waals surface area contributed by atoms with Crippen LogP contribution in [0.4, 0.5) is 4.79 Å². The van der Waals surface area contributed by atoms with E-state index < -0.39 is 0 Å². The molecule has 2 rings (SSSR count). The van der Waals surface area contributed by atoms with Crippen LogP contribution in [-0.4, -0.2) is 18.1 Å². The van der Waals surface area contributed by atoms with E-state index in [1.165, 1.54) is 0 Å². The van der Waals surface area contributed by atoms with Crippen molar-refractivity contribution in [3.63, 3.8) is 0 Å². The quantitative estimate of drug-likeness (QED) is 0.852. The normalized spacial score (nSPS) is 13.7. The number of hydrogen-bond donors (Lipinski definition) is 2. The highest BCUT2D eigenvalue weighted by atomic mass is 16.3. The molecular weight excluding hydrogens is 256 g/mol. The van der Waals surface area contributed by atoms with Gasteiger partial charge in [0.2, 0.25) is 0 Å². The highest BCUT2D eigenvalue weighted by Gasteiger charge is 2.12. The minimum Gasteiger partial charge on any atom is -0.469 e. The summed E-state index contributed by atoms with van der Waals surface area (Å²) in [6.45, 7) is 3.89. The molecule has 0 aliphatic heterocycles. The van der Waals surface area contributed by atoms with Crippen molar-refractivity contribution >= 4 is 6.03 Å². The van der Waals surface area contributed by atoms with Crippen molar-refractivity contribution in [3.8, 4) is 0 Å². The molecule has 2 N–H and O–H groups in total. The Labute approximate surface area is 118 Å². The summed E-state index contributed by atoms with van der Waals surface area (Å²) in [6.07, 6.45) is 4.61. The predicted octanol–water partition coefficient (Wildman–Crippen LogP) is 2.73. The van der Waals surface area contributed by atoms with E-state index in [-0.39, 0.29) is 18.1 Å². The summed E-state index contributed by atoms with van der Waals surface area (Å²) >= 11 is 0. The maximum absolute atomic E-state index is 11.8. The van der Waals surface area contributed by atoms with Gasteiger partial charge in [0.1, 0.15) is 11.5 Å². The molecule has 2 amide bonds. The maximum Gasteiger partial charge on any atom is 0.315 e. The lowest BCUT2D eigenvalue weighted by atomic mass is 10.2. The van der Waals surface area contributed by atoms with Gasteiger partial charge in [-0.1, -0.05) is 0 Å². The molecule has 2 aromatic rings. The van der Waals surface area contributed by atoms with Crippen molar-refractivity contribution in [2.24, 2.45) is 0 Å². The van der Waals surface area contributed by atoms with Crippen LogP contribution in [0.25, 0.3) is 0 Å². The molecule has 0 aliphatic carbocycles. The van der Waals surface area contributed by atoms with E-state index in [2.05, 4.69) is 10.6 Å². The SMILES string of the molecule is C[C@H](Cc1ccco1)NC(=O)N[C@@H](C)Cc1ccco1. The van der Waals surface area contributed by atoms with Gasteiger partial charge in [0.25, 0.3) is 0 Å². The first-order valence-corrected chi connectivity index (χ1v) is 6.75. The number of carbonyl (C=O) groups is 1. The molecule has 2 aromatic heterocycles. The number of nitrogens with one attached hydrogen (secondary N) is 2. The Kier molecular flexibility index (Phi) is 4.87. The zero-order valence-electron chi connectivity index (χ0n) is 11.8. The molecule has 0 fully saturated rings. The third-order valence-electron chi connectivity index (χ3n) is 2.93. The lowest BCUT2D eigenvalue weighted by molar-refractivity contribution is 0.233. The van der Waals surface area contributed by atoms with Gasteiger partial charge in [-0.15, -0.1) is 0 Å². The van der Waals surface area contributed by atoms with E-state index in [0.29, 0.717) is 12.8 Å². The molecule has 0 saturated carbocycles. The largest absolute Gasteiger partial charge is 0.469 e. The van der Waals surface area contributed by atoms with Crippen molar-refractivity contribution in [2.45, 2.75) is 38.8 Å². The Bertz CT molecular complexity index is 459. The van der Waals surface area contributed by atoms with Gasteiger partial charge in [0.15, 0.2) is 0 Å². The fraction of sp³-hybridized carbons (Fsp3) is 0.400. The molecular formula is C15H20N2O3. The number of amides is 2. The third kappa shape index (κ3) is 4.50. The maximum atomic E-state index is 11.8. The average Bonchev–Trinajstić information content (AvgIpc) is 3.01. The summed E-state index contributed by atoms with van der Waals surface area (Å²) in [6, 6.07) is 7.32. The van der Waals surface area contributed by atoms with Gasteiger partial charge in [-0.25, -0.2) is 4.79 Å². The van der Waals surface area contributed by atoms with E-state index in [9.17, 15) is 4.79 Å². The highest BCUT2D eigenvalue weighted by molar-refractivity contribution is 5.74. The van der Waals surface area contributed by atoms with Crippen LogP contribution in [0.15, 0.2) is 45.6 Å². The minimum absolute atomic E-state index is 0.0111. The van der Waals surface area contributed by atoms with Crippen LogP contribution in [0.1, 0.15) is 25.4 Å². The van der Waals surface area contributed by atoms with Gasteiger partial charge in [-0.3, -0.25) is 0 Å². The van der Waals surface area contributed by atoms with Crippen molar-refractivity contribution < 1.29 is 13.6 Å². The number of urea groups is 1. The van der Waals surface area contributed by atoms with Crippen molar-refractivity contribution in [1.82, 2.24) is 10.6 Å². The summed E-state index contributed by atoms with van der Waals surface area (Å²) in [5, 5.41) is 5.78. The Balaban J connectivity index is 1.71. The van der Waals surface area contributed by atoms with E-state index in [4.69, 9.17) is 8.83 Å². The van der Waals surface area contributed by atoms with Gasteiger partial charge >= 0.3 is 6.03 Å². The Hall–Kier alpha value is -2.17. The molecule has 0 radical (unpaired) electrons. The van der Waals surface area contributed by atoms with Crippen LogP contribution >= 0.6 is 0 Å². The number of hydrogen-bond acceptors (Lipinski definition) is 3. The summed E-state index contributed by atoms with van der Waals surface area (Å²) in [7, 11) is 0. The fourth-order valence-corrected chi connectivity index (χ4v) is 2.05. The first-order valence-electron chi connectivity index (χ1n) is 6.75. The lowest BCUT2D eigenvalue weighted by Crippen LogP contribution is -2.45. The summed E-state index contributed by atoms with van der Waals surface area (Å²) < 4.78 is 10.5. The Morgan fingerprint density at radius 3 is 1.80 bits per heavy atom. The molecule has 0 unspecified atom stereocenters. The minimum atomic E-state index is -0.178. The van der Waals surface area contributed by atoms with Gasteiger partial charge in [0, 0.05) is 24.9 Å². The molecule has 20 heavy (non-hydrogen) atoms. The van der Waals surface area contributed by atoms with Crippen molar-refractivity contribution in [1.29, 1.82) is 0 Å². The molecule has 108 valence electrons. The lowest BCUT2D eigenvalue weighted by Gasteiger charge is -2.17. The standard InChI is InChI=1S/C15H20N2O3/c1-11(9-13-5-3-7-19-13)16-15(18)17-12(2)10-14-6-4-8-20-14/h3-8,11-12H,9-10H2,1-2H3,(H2,16,17,18)/t11-,12+. The smallest absolute Gasteiger partial charge is 0.315 e. The molecule has 2 atom stereocenters. The van der Waals surface area contributed by atoms with E-state index >= 15 is 0 Å². The van der Waals surface area contributed by atoms with Crippen molar-refractivity contribution in [2.75, 3.05) is 0 Å². The molecule has 5 heteroatoms. The van der Waals surface area contributed by atoms with E-state index in [0.717, 1.165) is 11.5 Å². The molecule has 5 nitrogen and oxygen atoms in total. The van der Waals surface area contributed by atoms with Crippen molar-refractivity contribution in [3.05, 3.63) is 48.3 Å². The first-order chi connectivity index (χ1) is 9.63. The first kappa shape index (κ1) is 14.2. The third-order valence-corrected chi connectivity index (χ3v) is 2.93. The number of carbonyl (C=O) groups excluding carboxylic acids is 1. The monoisotopic (exact) mass is 276 g/mol. The topological polar surface area (TPSA) is 67.4 Å². The summed E-state index contributed by atoms with van der Waals surface area (Å²) in [4.78, 5) is 11.8. The molecule has 0 bridgehead atoms. The molecule has 0 aromatic carbocycles. The summed E-state index contributed by atoms with van der Waals surface area (Å²) in [5.41, 5.74) is 0. The molecule has 0 spiro atoms. The highest BCUT2D eigenvalue weighted by Crippen LogP contribution is 2.05. The average molecular weight is 276 g/mol. The molecule has 2 heterocycles. The second-order valence-corrected chi connectivity index (χ2v) is 4.99. The van der Waals surface area contributed by atoms with Crippen LogP contribution in [0.3, 0.4) is 0 Å². The van der Waals surface area contributed by atoms with E-state index in [1.807, 2.05) is 38.1 Å². The van der Waals surface area contributed by atoms with E-state index in [1.54, 1.807) is 12.5 Å². The van der Waals surface area contributed by atoms with Gasteiger partial charge < -0.3 is 19.5 Å². The molecule has 0 saturated heterocycles. The predicted molar refractivity (Wildman–Crippen MR) is 75.4 cm³/mol.